The van der Waals surface area contributed by atoms with Crippen molar-refractivity contribution in [1.29, 1.82) is 0 Å². The first kappa shape index (κ1) is 43.8. The van der Waals surface area contributed by atoms with E-state index in [0.29, 0.717) is 30.1 Å². The minimum absolute atomic E-state index is 0.0904. The van der Waals surface area contributed by atoms with E-state index in [4.69, 9.17) is 18.9 Å². The average molecular weight is 785 g/mol. The summed E-state index contributed by atoms with van der Waals surface area (Å²) >= 11 is 0. The van der Waals surface area contributed by atoms with Gasteiger partial charge in [-0.05, 0) is 112 Å². The zero-order chi connectivity index (χ0) is 40.6. The third-order valence-corrected chi connectivity index (χ3v) is 16.5. The second-order valence-electron chi connectivity index (χ2n) is 20.1. The minimum Gasteiger partial charge on any atom is -0.394 e. The number of aliphatic hydroxyl groups excluding tert-OH is 8. The van der Waals surface area contributed by atoms with Crippen molar-refractivity contribution >= 4 is 0 Å². The third-order valence-electron chi connectivity index (χ3n) is 16.5. The molecule has 4 aliphatic carbocycles. The van der Waals surface area contributed by atoms with E-state index in [-0.39, 0.29) is 27.8 Å². The Morgan fingerprint density at radius 3 is 1.91 bits per heavy atom. The molecule has 13 nitrogen and oxygen atoms in total. The largest absolute Gasteiger partial charge is 0.394 e. The van der Waals surface area contributed by atoms with E-state index in [2.05, 4.69) is 47.6 Å². The SMILES string of the molecule is CC(CCC(OC1OC(CO)C(O)C(O)C1O)C(C)(C)O)C1CCC2(C)C3CC=C4C(CCC(OC5OC(CO)C(O)C(O)C5O)C4(C)C)C3(C)CCC12C. The van der Waals surface area contributed by atoms with E-state index in [9.17, 15) is 46.0 Å². The normalized spacial score (nSPS) is 49.7. The lowest BCUT2D eigenvalue weighted by Crippen LogP contribution is -2.61. The van der Waals surface area contributed by atoms with Crippen LogP contribution in [0.25, 0.3) is 0 Å². The van der Waals surface area contributed by atoms with Crippen LogP contribution in [0.4, 0.5) is 0 Å². The predicted octanol–water partition coefficient (Wildman–Crippen LogP) is 2.15. The van der Waals surface area contributed by atoms with Gasteiger partial charge in [0.15, 0.2) is 12.6 Å². The Morgan fingerprint density at radius 1 is 0.745 bits per heavy atom. The maximum Gasteiger partial charge on any atom is 0.187 e. The minimum atomic E-state index is -1.55. The van der Waals surface area contributed by atoms with Crippen molar-refractivity contribution in [3.05, 3.63) is 11.6 Å². The molecular formula is C42H72O13. The van der Waals surface area contributed by atoms with Gasteiger partial charge in [0.1, 0.15) is 48.8 Å². The zero-order valence-corrected chi connectivity index (χ0v) is 34.3. The highest BCUT2D eigenvalue weighted by Gasteiger charge is 2.67. The Bertz CT molecular complexity index is 1360. The molecule has 0 amide bonds. The first-order valence-corrected chi connectivity index (χ1v) is 20.9. The summed E-state index contributed by atoms with van der Waals surface area (Å²) in [6.07, 6.45) is -3.62. The molecule has 5 fully saturated rings. The van der Waals surface area contributed by atoms with Crippen LogP contribution in [0.5, 0.6) is 0 Å². The first-order chi connectivity index (χ1) is 25.6. The Kier molecular flexibility index (Phi) is 12.5. The lowest BCUT2D eigenvalue weighted by atomic mass is 9.39. The quantitative estimate of drug-likeness (QED) is 0.137. The fourth-order valence-electron chi connectivity index (χ4n) is 12.7. The van der Waals surface area contributed by atoms with Crippen LogP contribution in [0, 0.1) is 45.3 Å². The molecule has 2 saturated heterocycles. The molecule has 0 radical (unpaired) electrons. The number of ether oxygens (including phenoxy) is 4. The van der Waals surface area contributed by atoms with Crippen molar-refractivity contribution in [3.63, 3.8) is 0 Å². The van der Waals surface area contributed by atoms with Crippen LogP contribution in [-0.2, 0) is 18.9 Å². The molecule has 2 aliphatic heterocycles. The summed E-state index contributed by atoms with van der Waals surface area (Å²) in [5.41, 5.74) is 0.0454. The highest BCUT2D eigenvalue weighted by molar-refractivity contribution is 5.30. The molecule has 318 valence electrons. The van der Waals surface area contributed by atoms with Gasteiger partial charge < -0.3 is 64.9 Å². The molecule has 19 atom stereocenters. The summed E-state index contributed by atoms with van der Waals surface area (Å²) < 4.78 is 24.0. The van der Waals surface area contributed by atoms with Gasteiger partial charge in [0, 0.05) is 5.41 Å². The van der Waals surface area contributed by atoms with Crippen molar-refractivity contribution in [2.75, 3.05) is 13.2 Å². The van der Waals surface area contributed by atoms with Crippen LogP contribution in [0.1, 0.15) is 113 Å². The maximum atomic E-state index is 11.2. The maximum absolute atomic E-state index is 11.2. The molecule has 3 saturated carbocycles. The van der Waals surface area contributed by atoms with Gasteiger partial charge in [-0.25, -0.2) is 0 Å². The van der Waals surface area contributed by atoms with Crippen molar-refractivity contribution in [3.8, 4) is 0 Å². The highest BCUT2D eigenvalue weighted by atomic mass is 16.7. The fraction of sp³-hybridized carbons (Fsp3) is 0.952. The zero-order valence-electron chi connectivity index (χ0n) is 34.3. The van der Waals surface area contributed by atoms with Crippen LogP contribution in [0.3, 0.4) is 0 Å². The summed E-state index contributed by atoms with van der Waals surface area (Å²) in [6, 6.07) is 0. The molecule has 19 unspecified atom stereocenters. The number of hydrogen-bond donors (Lipinski definition) is 9. The number of allylic oxidation sites excluding steroid dienone is 1. The smallest absolute Gasteiger partial charge is 0.187 e. The number of fused-ring (bicyclic) bond motifs is 5. The van der Waals surface area contributed by atoms with Gasteiger partial charge in [0.2, 0.25) is 0 Å². The molecule has 13 heteroatoms. The van der Waals surface area contributed by atoms with Gasteiger partial charge in [-0.1, -0.05) is 53.2 Å². The number of aliphatic hydroxyl groups is 9. The summed E-state index contributed by atoms with van der Waals surface area (Å²) in [5, 5.41) is 93.2. The predicted molar refractivity (Wildman–Crippen MR) is 201 cm³/mol. The van der Waals surface area contributed by atoms with E-state index in [1.165, 1.54) is 5.57 Å². The third kappa shape index (κ3) is 7.31. The molecule has 0 aromatic rings. The van der Waals surface area contributed by atoms with Crippen molar-refractivity contribution < 1.29 is 64.9 Å². The first-order valence-electron chi connectivity index (χ1n) is 20.9. The van der Waals surface area contributed by atoms with Crippen LogP contribution >= 0.6 is 0 Å². The van der Waals surface area contributed by atoms with Crippen molar-refractivity contribution in [2.24, 2.45) is 45.3 Å². The summed E-state index contributed by atoms with van der Waals surface area (Å²) in [5.74, 6) is 1.65. The van der Waals surface area contributed by atoms with Crippen molar-refractivity contribution in [2.45, 2.75) is 192 Å². The molecule has 6 rings (SSSR count). The van der Waals surface area contributed by atoms with Crippen LogP contribution < -0.4 is 0 Å². The Balaban J connectivity index is 1.15. The highest BCUT2D eigenvalue weighted by Crippen LogP contribution is 2.75. The van der Waals surface area contributed by atoms with Crippen LogP contribution in [0.2, 0.25) is 0 Å². The topological polar surface area (TPSA) is 219 Å². The monoisotopic (exact) mass is 784 g/mol. The molecule has 55 heavy (non-hydrogen) atoms. The summed E-state index contributed by atoms with van der Waals surface area (Å²) in [7, 11) is 0. The Hall–Kier alpha value is -0.780. The molecule has 0 aromatic carbocycles. The molecule has 2 heterocycles. The van der Waals surface area contributed by atoms with Gasteiger partial charge in [-0.2, -0.15) is 0 Å². The standard InChI is InChI=1S/C42H72O13/c1-21(9-13-29(39(4,5)51)55-37-35(50)33(48)31(46)26(20-44)53-37)22-15-16-42(8)27-12-10-23-24(40(27,6)17-18-41(22,42)7)11-14-28(38(23,2)3)54-36-34(49)32(47)30(45)25(19-43)52-36/h10,21-22,24-37,43-51H,9,11-20H2,1-8H3. The molecule has 0 aromatic heterocycles. The van der Waals surface area contributed by atoms with Gasteiger partial charge in [0.05, 0.1) is 31.0 Å². The van der Waals surface area contributed by atoms with Crippen LogP contribution in [-0.4, -0.2) is 138 Å². The summed E-state index contributed by atoms with van der Waals surface area (Å²) in [6.45, 7) is 16.5. The van der Waals surface area contributed by atoms with Gasteiger partial charge >= 0.3 is 0 Å². The second-order valence-corrected chi connectivity index (χ2v) is 20.1. The molecule has 0 spiro atoms. The van der Waals surface area contributed by atoms with E-state index in [1.807, 2.05) is 0 Å². The average Bonchev–Trinajstić information content (AvgIpc) is 3.41. The van der Waals surface area contributed by atoms with Crippen molar-refractivity contribution in [1.82, 2.24) is 0 Å². The van der Waals surface area contributed by atoms with Crippen LogP contribution in [0.15, 0.2) is 11.6 Å². The summed E-state index contributed by atoms with van der Waals surface area (Å²) in [4.78, 5) is 0. The number of hydrogen-bond acceptors (Lipinski definition) is 13. The van der Waals surface area contributed by atoms with E-state index >= 15 is 0 Å². The second kappa shape index (κ2) is 15.7. The van der Waals surface area contributed by atoms with Gasteiger partial charge in [-0.15, -0.1) is 0 Å². The lowest BCUT2D eigenvalue weighted by Gasteiger charge is -2.66. The Morgan fingerprint density at radius 2 is 1.33 bits per heavy atom. The lowest BCUT2D eigenvalue weighted by molar-refractivity contribution is -0.322. The fourth-order valence-corrected chi connectivity index (χ4v) is 12.7. The van der Waals surface area contributed by atoms with E-state index < -0.39 is 86.3 Å². The number of rotatable bonds is 11. The molecule has 0 bridgehead atoms. The Labute approximate surface area is 327 Å². The van der Waals surface area contributed by atoms with E-state index in [0.717, 1.165) is 51.4 Å². The molecule has 9 N–H and O–H groups in total. The molecular weight excluding hydrogens is 712 g/mol. The van der Waals surface area contributed by atoms with Gasteiger partial charge in [0.25, 0.3) is 0 Å². The van der Waals surface area contributed by atoms with Gasteiger partial charge in [-0.3, -0.25) is 0 Å². The van der Waals surface area contributed by atoms with E-state index in [1.54, 1.807) is 13.8 Å². The molecule has 6 aliphatic rings.